The van der Waals surface area contributed by atoms with Crippen LogP contribution in [0, 0.1) is 0 Å². The van der Waals surface area contributed by atoms with Crippen LogP contribution >= 0.6 is 0 Å². The zero-order chi connectivity index (χ0) is 11.0. The van der Waals surface area contributed by atoms with Crippen molar-refractivity contribution >= 4 is 7.12 Å². The lowest BCUT2D eigenvalue weighted by Crippen LogP contribution is -2.41. The van der Waals surface area contributed by atoms with Crippen LogP contribution in [0.15, 0.2) is 11.6 Å². The van der Waals surface area contributed by atoms with Crippen molar-refractivity contribution in [2.24, 2.45) is 0 Å². The third-order valence-electron chi connectivity index (χ3n) is 3.28. The molecule has 1 aliphatic rings. The van der Waals surface area contributed by atoms with Crippen molar-refractivity contribution in [2.75, 3.05) is 0 Å². The molecule has 0 aromatic carbocycles. The van der Waals surface area contributed by atoms with Crippen molar-refractivity contribution in [1.82, 2.24) is 0 Å². The van der Waals surface area contributed by atoms with Crippen molar-refractivity contribution in [3.63, 3.8) is 0 Å². The molecule has 0 N–H and O–H groups in total. The Balaban J connectivity index is 2.64. The van der Waals surface area contributed by atoms with Crippen molar-refractivity contribution in [3.8, 4) is 0 Å². The first kappa shape index (κ1) is 11.8. The lowest BCUT2D eigenvalue weighted by molar-refractivity contribution is 0.00578. The summed E-state index contributed by atoms with van der Waals surface area (Å²) in [6.07, 6.45) is 2.97. The van der Waals surface area contributed by atoms with Gasteiger partial charge in [0.25, 0.3) is 0 Å². The van der Waals surface area contributed by atoms with Gasteiger partial charge in [0.15, 0.2) is 0 Å². The second kappa shape index (κ2) is 3.71. The highest BCUT2D eigenvalue weighted by Gasteiger charge is 2.50. The van der Waals surface area contributed by atoms with Gasteiger partial charge in [-0.25, -0.2) is 0 Å². The summed E-state index contributed by atoms with van der Waals surface area (Å²) in [4.78, 5) is 0. The Morgan fingerprint density at radius 1 is 1.14 bits per heavy atom. The fourth-order valence-electron chi connectivity index (χ4n) is 1.43. The number of rotatable bonds is 2. The quantitative estimate of drug-likeness (QED) is 0.499. The van der Waals surface area contributed by atoms with E-state index in [1.54, 1.807) is 0 Å². The monoisotopic (exact) mass is 196 g/mol. The largest absolute Gasteiger partial charge is 0.462 e. The van der Waals surface area contributed by atoms with Crippen molar-refractivity contribution < 1.29 is 9.31 Å². The van der Waals surface area contributed by atoms with Crippen LogP contribution in [-0.2, 0) is 9.31 Å². The van der Waals surface area contributed by atoms with Gasteiger partial charge in [-0.1, -0.05) is 11.6 Å². The molecule has 0 spiro atoms. The molecular formula is C11H21BO2. The number of hydrogen-bond acceptors (Lipinski definition) is 2. The summed E-state index contributed by atoms with van der Waals surface area (Å²) in [5, 5.41) is 0. The van der Waals surface area contributed by atoms with Crippen LogP contribution in [-0.4, -0.2) is 18.3 Å². The second-order valence-corrected chi connectivity index (χ2v) is 5.03. The maximum atomic E-state index is 5.87. The molecule has 0 unspecified atom stereocenters. The fraction of sp³-hybridized carbons (Fsp3) is 0.818. The summed E-state index contributed by atoms with van der Waals surface area (Å²) in [6.45, 7) is 12.5. The maximum Gasteiger partial charge on any atom is 0.462 e. The molecule has 0 aromatic heterocycles. The first-order valence-electron chi connectivity index (χ1n) is 5.26. The third-order valence-corrected chi connectivity index (χ3v) is 3.28. The molecule has 1 rings (SSSR count). The standard InChI is InChI=1S/C11H21BO2/c1-7-9(2)8-12-13-10(3,4)11(5,6)14-12/h7H,8H2,1-6H3/b9-7-. The Kier molecular flexibility index (Phi) is 3.12. The normalized spacial score (nSPS) is 25.6. The molecule has 0 aliphatic carbocycles. The first-order chi connectivity index (χ1) is 6.28. The highest BCUT2D eigenvalue weighted by atomic mass is 16.7. The third kappa shape index (κ3) is 2.21. The first-order valence-corrected chi connectivity index (χ1v) is 5.26. The molecule has 0 aromatic rings. The van der Waals surface area contributed by atoms with Crippen LogP contribution in [0.25, 0.3) is 0 Å². The van der Waals surface area contributed by atoms with Gasteiger partial charge in [0.05, 0.1) is 11.2 Å². The van der Waals surface area contributed by atoms with E-state index >= 15 is 0 Å². The average molecular weight is 196 g/mol. The molecule has 0 radical (unpaired) electrons. The van der Waals surface area contributed by atoms with Gasteiger partial charge >= 0.3 is 7.12 Å². The molecule has 0 atom stereocenters. The molecule has 1 saturated heterocycles. The molecule has 80 valence electrons. The Hall–Kier alpha value is -0.275. The molecular weight excluding hydrogens is 175 g/mol. The van der Waals surface area contributed by atoms with E-state index < -0.39 is 0 Å². The zero-order valence-corrected chi connectivity index (χ0v) is 10.2. The van der Waals surface area contributed by atoms with E-state index in [0.717, 1.165) is 6.32 Å². The second-order valence-electron chi connectivity index (χ2n) is 5.03. The van der Waals surface area contributed by atoms with E-state index in [0.29, 0.717) is 0 Å². The van der Waals surface area contributed by atoms with Crippen molar-refractivity contribution in [2.45, 2.75) is 59.1 Å². The van der Waals surface area contributed by atoms with Crippen LogP contribution in [0.2, 0.25) is 6.32 Å². The lowest BCUT2D eigenvalue weighted by atomic mass is 9.81. The minimum Gasteiger partial charge on any atom is -0.403 e. The Labute approximate surface area is 87.8 Å². The molecule has 0 amide bonds. The molecule has 3 heteroatoms. The summed E-state index contributed by atoms with van der Waals surface area (Å²) < 4.78 is 11.7. The van der Waals surface area contributed by atoms with Gasteiger partial charge in [0.1, 0.15) is 0 Å². The SMILES string of the molecule is C/C=C(/C)CB1OC(C)(C)C(C)(C)O1. The molecule has 14 heavy (non-hydrogen) atoms. The molecule has 1 aliphatic heterocycles. The Morgan fingerprint density at radius 3 is 1.93 bits per heavy atom. The number of hydrogen-bond donors (Lipinski definition) is 0. The van der Waals surface area contributed by atoms with E-state index in [4.69, 9.17) is 9.31 Å². The molecule has 2 nitrogen and oxygen atoms in total. The van der Waals surface area contributed by atoms with Gasteiger partial charge in [0, 0.05) is 6.32 Å². The van der Waals surface area contributed by atoms with E-state index in [9.17, 15) is 0 Å². The van der Waals surface area contributed by atoms with Crippen LogP contribution in [0.5, 0.6) is 0 Å². The van der Waals surface area contributed by atoms with Gasteiger partial charge in [-0.3, -0.25) is 0 Å². The Bertz CT molecular complexity index is 228. The minimum absolute atomic E-state index is 0.0869. The highest BCUT2D eigenvalue weighted by molar-refractivity contribution is 6.46. The minimum atomic E-state index is -0.203. The van der Waals surface area contributed by atoms with E-state index in [1.165, 1.54) is 5.57 Å². The van der Waals surface area contributed by atoms with E-state index in [-0.39, 0.29) is 18.3 Å². The van der Waals surface area contributed by atoms with Gasteiger partial charge in [0.2, 0.25) is 0 Å². The summed E-state index contributed by atoms with van der Waals surface area (Å²) in [7, 11) is -0.0869. The molecule has 0 saturated carbocycles. The lowest BCUT2D eigenvalue weighted by Gasteiger charge is -2.32. The molecule has 1 fully saturated rings. The van der Waals surface area contributed by atoms with Crippen LogP contribution in [0.3, 0.4) is 0 Å². The highest BCUT2D eigenvalue weighted by Crippen LogP contribution is 2.38. The predicted octanol–water partition coefficient (Wildman–Crippen LogP) is 3.04. The van der Waals surface area contributed by atoms with Gasteiger partial charge in [-0.2, -0.15) is 0 Å². The smallest absolute Gasteiger partial charge is 0.403 e. The van der Waals surface area contributed by atoms with Gasteiger partial charge in [-0.15, -0.1) is 0 Å². The van der Waals surface area contributed by atoms with Gasteiger partial charge < -0.3 is 9.31 Å². The van der Waals surface area contributed by atoms with Gasteiger partial charge in [-0.05, 0) is 41.5 Å². The van der Waals surface area contributed by atoms with Crippen molar-refractivity contribution in [3.05, 3.63) is 11.6 Å². The Morgan fingerprint density at radius 2 is 1.57 bits per heavy atom. The summed E-state index contributed by atoms with van der Waals surface area (Å²) >= 11 is 0. The van der Waals surface area contributed by atoms with Crippen LogP contribution in [0.1, 0.15) is 41.5 Å². The topological polar surface area (TPSA) is 18.5 Å². The fourth-order valence-corrected chi connectivity index (χ4v) is 1.43. The predicted molar refractivity (Wildman–Crippen MR) is 60.3 cm³/mol. The molecule has 0 bridgehead atoms. The number of allylic oxidation sites excluding steroid dienone is 2. The molecule has 1 heterocycles. The van der Waals surface area contributed by atoms with Crippen LogP contribution < -0.4 is 0 Å². The van der Waals surface area contributed by atoms with Crippen molar-refractivity contribution in [1.29, 1.82) is 0 Å². The average Bonchev–Trinajstić information content (AvgIpc) is 2.20. The summed E-state index contributed by atoms with van der Waals surface area (Å²) in [5.74, 6) is 0. The van der Waals surface area contributed by atoms with Crippen LogP contribution in [0.4, 0.5) is 0 Å². The zero-order valence-electron chi connectivity index (χ0n) is 10.2. The maximum absolute atomic E-state index is 5.87. The van der Waals surface area contributed by atoms with E-state index in [1.807, 2.05) is 6.92 Å². The summed E-state index contributed by atoms with van der Waals surface area (Å²) in [6, 6.07) is 0. The summed E-state index contributed by atoms with van der Waals surface area (Å²) in [5.41, 5.74) is 0.903. The van der Waals surface area contributed by atoms with E-state index in [2.05, 4.69) is 40.7 Å².